The predicted octanol–water partition coefficient (Wildman–Crippen LogP) is 1.85. The number of ketones is 1. The van der Waals surface area contributed by atoms with Crippen LogP contribution in [0, 0.1) is 0 Å². The molecule has 0 heterocycles. The van der Waals surface area contributed by atoms with Crippen LogP contribution in [0.3, 0.4) is 0 Å². The second kappa shape index (κ2) is 12.6. The van der Waals surface area contributed by atoms with Crippen molar-refractivity contribution in [2.75, 3.05) is 13.2 Å². The number of carbonyl (C=O) groups is 2. The minimum atomic E-state index is -0.981. The minimum Gasteiger partial charge on any atom is -0.507 e. The summed E-state index contributed by atoms with van der Waals surface area (Å²) in [5, 5.41) is 32.4. The number of benzene rings is 2. The summed E-state index contributed by atoms with van der Waals surface area (Å²) in [4.78, 5) is 21.2. The van der Waals surface area contributed by atoms with E-state index in [2.05, 4.69) is 6.58 Å². The maximum Gasteiger partial charge on any atom is 0.327 e. The fourth-order valence-electron chi connectivity index (χ4n) is 1.41. The van der Waals surface area contributed by atoms with E-state index in [1.54, 1.807) is 42.5 Å². The zero-order valence-electron chi connectivity index (χ0n) is 13.0. The number of aliphatic hydroxyl groups excluding tert-OH is 2. The van der Waals surface area contributed by atoms with Crippen LogP contribution in [0.4, 0.5) is 0 Å². The number of carboxylic acids is 1. The van der Waals surface area contributed by atoms with Gasteiger partial charge in [0, 0.05) is 11.6 Å². The summed E-state index contributed by atoms with van der Waals surface area (Å²) in [6.07, 6.45) is 0.833. The van der Waals surface area contributed by atoms with E-state index in [4.69, 9.17) is 15.3 Å². The number of phenolic OH excluding ortho intramolecular Hbond substituents is 1. The summed E-state index contributed by atoms with van der Waals surface area (Å²) in [7, 11) is 0. The van der Waals surface area contributed by atoms with Gasteiger partial charge in [0.15, 0.2) is 5.78 Å². The van der Waals surface area contributed by atoms with Crippen molar-refractivity contribution in [2.45, 2.75) is 0 Å². The van der Waals surface area contributed by atoms with Crippen molar-refractivity contribution in [2.24, 2.45) is 0 Å². The highest BCUT2D eigenvalue weighted by atomic mass is 16.4. The molecule has 0 radical (unpaired) electrons. The van der Waals surface area contributed by atoms with Crippen LogP contribution in [0.15, 0.2) is 67.3 Å². The Balaban J connectivity index is 0.000000492. The van der Waals surface area contributed by atoms with Crippen LogP contribution < -0.4 is 0 Å². The van der Waals surface area contributed by atoms with Gasteiger partial charge < -0.3 is 20.4 Å². The molecule has 0 saturated carbocycles. The van der Waals surface area contributed by atoms with E-state index >= 15 is 0 Å². The van der Waals surface area contributed by atoms with Gasteiger partial charge in [0.05, 0.1) is 18.8 Å². The highest BCUT2D eigenvalue weighted by Crippen LogP contribution is 2.19. The van der Waals surface area contributed by atoms with Crippen LogP contribution in [0.5, 0.6) is 5.75 Å². The molecular weight excluding hydrogens is 312 g/mol. The molecule has 0 amide bonds. The number of aromatic hydroxyl groups is 1. The van der Waals surface area contributed by atoms with Crippen molar-refractivity contribution in [1.82, 2.24) is 0 Å². The SMILES string of the molecule is C=CC(=O)O.O=C(c1ccccc1)c1ccccc1O.OCCO. The van der Waals surface area contributed by atoms with Crippen LogP contribution in [0.2, 0.25) is 0 Å². The lowest BCUT2D eigenvalue weighted by Crippen LogP contribution is -2.00. The first-order valence-corrected chi connectivity index (χ1v) is 6.92. The number of hydrogen-bond acceptors (Lipinski definition) is 5. The summed E-state index contributed by atoms with van der Waals surface area (Å²) in [6.45, 7) is 2.71. The summed E-state index contributed by atoms with van der Waals surface area (Å²) in [6, 6.07) is 15.5. The van der Waals surface area contributed by atoms with E-state index in [0.29, 0.717) is 11.1 Å². The van der Waals surface area contributed by atoms with E-state index in [0.717, 1.165) is 6.08 Å². The average molecular weight is 332 g/mol. The van der Waals surface area contributed by atoms with Gasteiger partial charge >= 0.3 is 5.97 Å². The van der Waals surface area contributed by atoms with Gasteiger partial charge in [0.1, 0.15) is 5.75 Å². The Labute approximate surface area is 140 Å². The fourth-order valence-corrected chi connectivity index (χ4v) is 1.41. The normalized spacial score (nSPS) is 8.75. The van der Waals surface area contributed by atoms with E-state index in [1.165, 1.54) is 6.07 Å². The van der Waals surface area contributed by atoms with Crippen molar-refractivity contribution in [3.05, 3.63) is 78.4 Å². The zero-order valence-corrected chi connectivity index (χ0v) is 13.0. The molecule has 2 aromatic carbocycles. The van der Waals surface area contributed by atoms with Crippen LogP contribution >= 0.6 is 0 Å². The summed E-state index contributed by atoms with van der Waals surface area (Å²) >= 11 is 0. The molecule has 0 fully saturated rings. The monoisotopic (exact) mass is 332 g/mol. The molecule has 0 aliphatic heterocycles. The molecular formula is C18H20O6. The number of hydrogen-bond donors (Lipinski definition) is 4. The Morgan fingerprint density at radius 2 is 1.38 bits per heavy atom. The molecule has 0 bridgehead atoms. The Bertz CT molecular complexity index is 635. The van der Waals surface area contributed by atoms with Gasteiger partial charge in [0.2, 0.25) is 0 Å². The molecule has 128 valence electrons. The minimum absolute atomic E-state index is 0.0198. The number of carboxylic acid groups (broad SMARTS) is 1. The molecule has 0 aliphatic carbocycles. The number of carbonyl (C=O) groups excluding carboxylic acids is 1. The third kappa shape index (κ3) is 8.47. The molecule has 0 unspecified atom stereocenters. The van der Waals surface area contributed by atoms with E-state index < -0.39 is 5.97 Å². The second-order valence-electron chi connectivity index (χ2n) is 4.20. The Kier molecular flexibility index (Phi) is 11.0. The Morgan fingerprint density at radius 3 is 1.79 bits per heavy atom. The Morgan fingerprint density at radius 1 is 0.917 bits per heavy atom. The standard InChI is InChI=1S/C13H10O2.C3H4O2.C2H6O2/c14-12-9-5-4-8-11(12)13(15)10-6-2-1-3-7-10;1-2-3(4)5;3-1-2-4/h1-9,14H;2H,1H2,(H,4,5);3-4H,1-2H2. The van der Waals surface area contributed by atoms with Crippen LogP contribution in [0.25, 0.3) is 0 Å². The molecule has 4 N–H and O–H groups in total. The third-order valence-corrected chi connectivity index (χ3v) is 2.46. The Hall–Kier alpha value is -2.96. The van der Waals surface area contributed by atoms with Gasteiger partial charge in [-0.2, -0.15) is 0 Å². The van der Waals surface area contributed by atoms with Crippen molar-refractivity contribution >= 4 is 11.8 Å². The number of aliphatic carboxylic acids is 1. The fraction of sp³-hybridized carbons (Fsp3) is 0.111. The van der Waals surface area contributed by atoms with Crippen molar-refractivity contribution in [1.29, 1.82) is 0 Å². The maximum atomic E-state index is 11.9. The molecule has 0 atom stereocenters. The summed E-state index contributed by atoms with van der Waals surface area (Å²) in [5.41, 5.74) is 0.919. The summed E-state index contributed by atoms with van der Waals surface area (Å²) < 4.78 is 0. The van der Waals surface area contributed by atoms with Crippen LogP contribution in [-0.4, -0.2) is 45.4 Å². The van der Waals surface area contributed by atoms with Crippen molar-refractivity contribution in [3.63, 3.8) is 0 Å². The van der Waals surface area contributed by atoms with Crippen molar-refractivity contribution < 1.29 is 30.0 Å². The second-order valence-corrected chi connectivity index (χ2v) is 4.20. The van der Waals surface area contributed by atoms with E-state index in [1.807, 2.05) is 6.07 Å². The molecule has 0 saturated heterocycles. The number of rotatable bonds is 4. The van der Waals surface area contributed by atoms with E-state index in [-0.39, 0.29) is 24.7 Å². The molecule has 24 heavy (non-hydrogen) atoms. The lowest BCUT2D eigenvalue weighted by atomic mass is 10.0. The topological polar surface area (TPSA) is 115 Å². The zero-order chi connectivity index (χ0) is 18.4. The molecule has 2 rings (SSSR count). The molecule has 2 aromatic rings. The molecule has 0 aliphatic rings. The molecule has 0 spiro atoms. The quantitative estimate of drug-likeness (QED) is 0.502. The van der Waals surface area contributed by atoms with E-state index in [9.17, 15) is 14.7 Å². The highest BCUT2D eigenvalue weighted by Gasteiger charge is 2.11. The van der Waals surface area contributed by atoms with Gasteiger partial charge in [-0.3, -0.25) is 4.79 Å². The molecule has 6 heteroatoms. The summed E-state index contributed by atoms with van der Waals surface area (Å²) in [5.74, 6) is -1.12. The van der Waals surface area contributed by atoms with Gasteiger partial charge in [0.25, 0.3) is 0 Å². The lowest BCUT2D eigenvalue weighted by Gasteiger charge is -2.02. The van der Waals surface area contributed by atoms with Crippen molar-refractivity contribution in [3.8, 4) is 5.75 Å². The lowest BCUT2D eigenvalue weighted by molar-refractivity contribution is -0.131. The van der Waals surface area contributed by atoms with Gasteiger partial charge in [-0.15, -0.1) is 0 Å². The largest absolute Gasteiger partial charge is 0.507 e. The molecule has 6 nitrogen and oxygen atoms in total. The predicted molar refractivity (Wildman–Crippen MR) is 90.0 cm³/mol. The van der Waals surface area contributed by atoms with Gasteiger partial charge in [-0.1, -0.05) is 49.0 Å². The van der Waals surface area contributed by atoms with Gasteiger partial charge in [-0.05, 0) is 12.1 Å². The smallest absolute Gasteiger partial charge is 0.327 e. The number of para-hydroxylation sites is 1. The molecule has 0 aromatic heterocycles. The van der Waals surface area contributed by atoms with Crippen LogP contribution in [-0.2, 0) is 4.79 Å². The van der Waals surface area contributed by atoms with Crippen LogP contribution in [0.1, 0.15) is 15.9 Å². The highest BCUT2D eigenvalue weighted by molar-refractivity contribution is 6.10. The first kappa shape index (κ1) is 21.0. The average Bonchev–Trinajstić information content (AvgIpc) is 2.63. The number of phenols is 1. The first-order valence-electron chi connectivity index (χ1n) is 6.92. The van der Waals surface area contributed by atoms with Gasteiger partial charge in [-0.25, -0.2) is 4.79 Å². The third-order valence-electron chi connectivity index (χ3n) is 2.46. The first-order chi connectivity index (χ1) is 11.5. The number of aliphatic hydroxyl groups is 2. The maximum absolute atomic E-state index is 11.9.